The number of amides is 1. The number of piperazine rings is 1. The third kappa shape index (κ3) is 4.10. The van der Waals surface area contributed by atoms with Crippen molar-refractivity contribution in [1.29, 1.82) is 0 Å². The number of nitrogens with zero attached hydrogens (tertiary/aromatic N) is 2. The molecule has 0 bridgehead atoms. The molecule has 5 nitrogen and oxygen atoms in total. The van der Waals surface area contributed by atoms with Crippen LogP contribution in [0.1, 0.15) is 18.1 Å². The van der Waals surface area contributed by atoms with Crippen LogP contribution in [0.15, 0.2) is 18.2 Å². The average molecular weight is 321 g/mol. The zero-order valence-corrected chi connectivity index (χ0v) is 14.2. The molecule has 1 amide bonds. The van der Waals surface area contributed by atoms with Gasteiger partial charge in [-0.15, -0.1) is 0 Å². The van der Waals surface area contributed by atoms with Gasteiger partial charge in [0.2, 0.25) is 0 Å². The van der Waals surface area contributed by atoms with Crippen LogP contribution in [-0.4, -0.2) is 53.8 Å². The second-order valence-electron chi connectivity index (χ2n) is 5.42. The van der Waals surface area contributed by atoms with Crippen LogP contribution in [0.25, 0.3) is 0 Å². The lowest BCUT2D eigenvalue weighted by Gasteiger charge is -2.35. The van der Waals surface area contributed by atoms with E-state index >= 15 is 0 Å². The summed E-state index contributed by atoms with van der Waals surface area (Å²) in [5.74, 6) is 0. The van der Waals surface area contributed by atoms with Crippen molar-refractivity contribution in [2.24, 2.45) is 0 Å². The van der Waals surface area contributed by atoms with E-state index in [4.69, 9.17) is 17.0 Å². The zero-order valence-electron chi connectivity index (χ0n) is 13.4. The summed E-state index contributed by atoms with van der Waals surface area (Å²) < 4.78 is 5.02. The first-order chi connectivity index (χ1) is 10.5. The molecule has 6 heteroatoms. The number of anilines is 1. The second kappa shape index (κ2) is 7.45. The lowest BCUT2D eigenvalue weighted by atomic mass is 10.1. The lowest BCUT2D eigenvalue weighted by molar-refractivity contribution is 0.0923. The SMILES string of the molecule is CCOC(=O)N1CCN(C(=S)Nc2cc(C)ccc2C)CC1. The highest BCUT2D eigenvalue weighted by atomic mass is 32.1. The quantitative estimate of drug-likeness (QED) is 0.849. The first kappa shape index (κ1) is 16.5. The first-order valence-corrected chi connectivity index (χ1v) is 7.97. The van der Waals surface area contributed by atoms with E-state index in [2.05, 4.69) is 42.3 Å². The molecule has 0 aromatic heterocycles. The topological polar surface area (TPSA) is 44.8 Å². The number of ether oxygens (including phenoxy) is 1. The number of thiocarbonyl (C=S) groups is 1. The fourth-order valence-electron chi connectivity index (χ4n) is 2.37. The van der Waals surface area contributed by atoms with Gasteiger partial charge < -0.3 is 19.9 Å². The molecule has 1 N–H and O–H groups in total. The van der Waals surface area contributed by atoms with E-state index in [-0.39, 0.29) is 6.09 Å². The fourth-order valence-corrected chi connectivity index (χ4v) is 2.66. The number of nitrogens with one attached hydrogen (secondary N) is 1. The van der Waals surface area contributed by atoms with Gasteiger partial charge in [0, 0.05) is 31.9 Å². The summed E-state index contributed by atoms with van der Waals surface area (Å²) in [6, 6.07) is 6.26. The average Bonchev–Trinajstić information content (AvgIpc) is 2.51. The van der Waals surface area contributed by atoms with Crippen LogP contribution in [-0.2, 0) is 4.74 Å². The fraction of sp³-hybridized carbons (Fsp3) is 0.500. The van der Waals surface area contributed by atoms with Gasteiger partial charge in [-0.2, -0.15) is 0 Å². The Morgan fingerprint density at radius 3 is 2.50 bits per heavy atom. The number of rotatable bonds is 2. The molecule has 1 aromatic carbocycles. The molecule has 120 valence electrons. The van der Waals surface area contributed by atoms with Crippen LogP contribution in [0.3, 0.4) is 0 Å². The van der Waals surface area contributed by atoms with Crippen molar-refractivity contribution >= 4 is 29.1 Å². The van der Waals surface area contributed by atoms with Crippen molar-refractivity contribution in [3.8, 4) is 0 Å². The van der Waals surface area contributed by atoms with E-state index in [0.29, 0.717) is 24.8 Å². The minimum atomic E-state index is -0.240. The molecule has 1 heterocycles. The number of aryl methyl sites for hydroxylation is 2. The van der Waals surface area contributed by atoms with Crippen LogP contribution in [0.4, 0.5) is 10.5 Å². The summed E-state index contributed by atoms with van der Waals surface area (Å²) in [6.45, 7) is 9.05. The van der Waals surface area contributed by atoms with Crippen LogP contribution in [0.2, 0.25) is 0 Å². The van der Waals surface area contributed by atoms with Gasteiger partial charge in [0.15, 0.2) is 5.11 Å². The third-order valence-electron chi connectivity index (χ3n) is 3.73. The summed E-state index contributed by atoms with van der Waals surface area (Å²) in [5.41, 5.74) is 3.40. The van der Waals surface area contributed by atoms with Crippen LogP contribution < -0.4 is 5.32 Å². The minimum Gasteiger partial charge on any atom is -0.450 e. The number of hydrogen-bond donors (Lipinski definition) is 1. The highest BCUT2D eigenvalue weighted by Gasteiger charge is 2.23. The highest BCUT2D eigenvalue weighted by Crippen LogP contribution is 2.17. The van der Waals surface area contributed by atoms with Crippen molar-refractivity contribution in [3.05, 3.63) is 29.3 Å². The molecule has 1 aliphatic heterocycles. The molecule has 22 heavy (non-hydrogen) atoms. The molecule has 1 fully saturated rings. The van der Waals surface area contributed by atoms with Crippen molar-refractivity contribution in [2.45, 2.75) is 20.8 Å². The maximum Gasteiger partial charge on any atom is 0.409 e. The molecular formula is C16H23N3O2S. The smallest absolute Gasteiger partial charge is 0.409 e. The molecular weight excluding hydrogens is 298 g/mol. The maximum atomic E-state index is 11.7. The summed E-state index contributed by atoms with van der Waals surface area (Å²) in [4.78, 5) is 15.5. The first-order valence-electron chi connectivity index (χ1n) is 7.56. The van der Waals surface area contributed by atoms with Crippen LogP contribution >= 0.6 is 12.2 Å². The van der Waals surface area contributed by atoms with Gasteiger partial charge in [0.25, 0.3) is 0 Å². The molecule has 1 aliphatic rings. The zero-order chi connectivity index (χ0) is 16.1. The predicted octanol–water partition coefficient (Wildman–Crippen LogP) is 2.77. The molecule has 1 aromatic rings. The van der Waals surface area contributed by atoms with Gasteiger partial charge in [-0.05, 0) is 50.2 Å². The van der Waals surface area contributed by atoms with Gasteiger partial charge in [-0.25, -0.2) is 4.79 Å². The Hall–Kier alpha value is -1.82. The number of benzene rings is 1. The van der Waals surface area contributed by atoms with Gasteiger partial charge >= 0.3 is 6.09 Å². The van der Waals surface area contributed by atoms with E-state index in [1.165, 1.54) is 5.56 Å². The van der Waals surface area contributed by atoms with Gasteiger partial charge in [-0.3, -0.25) is 0 Å². The van der Waals surface area contributed by atoms with E-state index in [1.54, 1.807) is 4.90 Å². The van der Waals surface area contributed by atoms with Gasteiger partial charge in [0.05, 0.1) is 6.61 Å². The van der Waals surface area contributed by atoms with E-state index in [9.17, 15) is 4.79 Å². The molecule has 0 aliphatic carbocycles. The van der Waals surface area contributed by atoms with E-state index in [1.807, 2.05) is 6.92 Å². The summed E-state index contributed by atoms with van der Waals surface area (Å²) in [7, 11) is 0. The molecule has 0 unspecified atom stereocenters. The van der Waals surface area contributed by atoms with Crippen LogP contribution in [0.5, 0.6) is 0 Å². The Morgan fingerprint density at radius 2 is 1.86 bits per heavy atom. The largest absolute Gasteiger partial charge is 0.450 e. The molecule has 0 atom stereocenters. The Labute approximate surface area is 137 Å². The molecule has 0 spiro atoms. The third-order valence-corrected chi connectivity index (χ3v) is 4.09. The van der Waals surface area contributed by atoms with Crippen molar-refractivity contribution in [1.82, 2.24) is 9.80 Å². The Morgan fingerprint density at radius 1 is 1.23 bits per heavy atom. The Kier molecular flexibility index (Phi) is 5.60. The Bertz CT molecular complexity index is 554. The molecule has 0 saturated carbocycles. The number of carbonyl (C=O) groups excluding carboxylic acids is 1. The van der Waals surface area contributed by atoms with Crippen molar-refractivity contribution in [3.63, 3.8) is 0 Å². The van der Waals surface area contributed by atoms with Crippen molar-refractivity contribution in [2.75, 3.05) is 38.1 Å². The van der Waals surface area contributed by atoms with Gasteiger partial charge in [0.1, 0.15) is 0 Å². The number of hydrogen-bond acceptors (Lipinski definition) is 3. The maximum absolute atomic E-state index is 11.7. The van der Waals surface area contributed by atoms with Crippen LogP contribution in [0, 0.1) is 13.8 Å². The monoisotopic (exact) mass is 321 g/mol. The summed E-state index contributed by atoms with van der Waals surface area (Å²) in [6.07, 6.45) is -0.240. The second-order valence-corrected chi connectivity index (χ2v) is 5.81. The molecule has 0 radical (unpaired) electrons. The highest BCUT2D eigenvalue weighted by molar-refractivity contribution is 7.80. The van der Waals surface area contributed by atoms with Crippen molar-refractivity contribution < 1.29 is 9.53 Å². The predicted molar refractivity (Wildman–Crippen MR) is 92.3 cm³/mol. The number of carbonyl (C=O) groups is 1. The summed E-state index contributed by atoms with van der Waals surface area (Å²) >= 11 is 5.49. The standard InChI is InChI=1S/C16H23N3O2S/c1-4-21-16(20)19-9-7-18(8-10-19)15(22)17-14-11-12(2)5-6-13(14)3/h5-6,11H,4,7-10H2,1-3H3,(H,17,22). The minimum absolute atomic E-state index is 0.240. The normalized spacial score (nSPS) is 14.7. The Balaban J connectivity index is 1.90. The van der Waals surface area contributed by atoms with E-state index in [0.717, 1.165) is 24.3 Å². The van der Waals surface area contributed by atoms with Gasteiger partial charge in [-0.1, -0.05) is 12.1 Å². The molecule has 1 saturated heterocycles. The van der Waals surface area contributed by atoms with E-state index < -0.39 is 0 Å². The lowest BCUT2D eigenvalue weighted by Crippen LogP contribution is -2.51. The molecule has 2 rings (SSSR count). The summed E-state index contributed by atoms with van der Waals surface area (Å²) in [5, 5.41) is 4.02.